The second-order valence-electron chi connectivity index (χ2n) is 22.8. The lowest BCUT2D eigenvalue weighted by atomic mass is 9.89. The summed E-state index contributed by atoms with van der Waals surface area (Å²) >= 11 is 13.6. The highest BCUT2D eigenvalue weighted by Crippen LogP contribution is 2.37. The van der Waals surface area contributed by atoms with Crippen molar-refractivity contribution in [1.82, 2.24) is 19.8 Å². The minimum Gasteiger partial charge on any atom is -0.463 e. The van der Waals surface area contributed by atoms with Gasteiger partial charge in [-0.3, -0.25) is 19.2 Å². The number of ether oxygens (including phenoxy) is 2. The monoisotopic (exact) mass is 1260 g/mol. The summed E-state index contributed by atoms with van der Waals surface area (Å²) in [5.74, 6) is 0.578. The van der Waals surface area contributed by atoms with Crippen molar-refractivity contribution in [2.75, 3.05) is 26.3 Å². The number of ketones is 2. The van der Waals surface area contributed by atoms with Gasteiger partial charge in [-0.1, -0.05) is 65.9 Å². The molecule has 456 valence electrons. The van der Waals surface area contributed by atoms with Crippen LogP contribution in [0.2, 0.25) is 0 Å². The molecule has 2 amide bonds. The summed E-state index contributed by atoms with van der Waals surface area (Å²) in [5.41, 5.74) is 10.8. The molecule has 2 aliphatic carbocycles. The van der Waals surface area contributed by atoms with E-state index in [1.807, 2.05) is 73.7 Å². The van der Waals surface area contributed by atoms with E-state index >= 15 is 0 Å². The van der Waals surface area contributed by atoms with Gasteiger partial charge in [0, 0.05) is 100 Å². The van der Waals surface area contributed by atoms with Gasteiger partial charge in [-0.15, -0.1) is 23.2 Å². The zero-order chi connectivity index (χ0) is 63.0. The van der Waals surface area contributed by atoms with Crippen LogP contribution in [0.15, 0.2) is 105 Å². The minimum atomic E-state index is -0.491. The molecular formula is C66H88BBrCl2N4O10. The molecule has 2 aromatic heterocycles. The summed E-state index contributed by atoms with van der Waals surface area (Å²) in [6, 6.07) is 8.19. The standard InChI is InChI=1S/C29H36N2O4.C24H29BrN2O2.C11H19BO4.C2H4Cl2/c1-7-9-22-12-19(5)13-26(32)24(22)16-30-29(34)23-14-21(10-11-27(33)35-8-2)15-25-28(23)20(6)17-31(25)18(3)4;1-6-7-17-8-15(4)9-22(28)20(17)12-26-24(29)19-10-18(25)11-21-23(19)16(5)13-27(21)14(2)3;1-6-14-9(13)7-8-12-15-10(2,3)11(4,5)16-12;1-2(3)4/h10-12,14-15,17-18H,7-9,13,16H2,1-6H3,(H,30,34);8,10-11,13-14H,6-7,9,12H2,1-5H3,(H,26,29);7-8H,6H2,1-5H3;2H,1H3/b11-10+;;8-7+;. The number of allylic oxidation sites excluding steroid dienone is 6. The minimum absolute atomic E-state index is 0.0761. The predicted octanol–water partition coefficient (Wildman–Crippen LogP) is 15.4. The smallest absolute Gasteiger partial charge is 0.463 e. The van der Waals surface area contributed by atoms with E-state index in [-0.39, 0.29) is 64.5 Å². The second kappa shape index (κ2) is 32.1. The Morgan fingerprint density at radius 2 is 1.07 bits per heavy atom. The van der Waals surface area contributed by atoms with E-state index in [9.17, 15) is 28.8 Å². The number of hydrogen-bond donors (Lipinski definition) is 2. The van der Waals surface area contributed by atoms with Gasteiger partial charge < -0.3 is 38.6 Å². The second-order valence-corrected chi connectivity index (χ2v) is 25.3. The quantitative estimate of drug-likeness (QED) is 0.0422. The van der Waals surface area contributed by atoms with Crippen LogP contribution in [0.25, 0.3) is 27.9 Å². The Morgan fingerprint density at radius 1 is 0.667 bits per heavy atom. The summed E-state index contributed by atoms with van der Waals surface area (Å²) in [7, 11) is -0.491. The number of amides is 2. The highest BCUT2D eigenvalue weighted by molar-refractivity contribution is 9.10. The zero-order valence-electron chi connectivity index (χ0n) is 52.4. The third-order valence-electron chi connectivity index (χ3n) is 14.5. The molecule has 0 spiro atoms. The number of nitrogens with one attached hydrogen (secondary N) is 2. The number of rotatable bonds is 18. The fraction of sp³-hybridized carbons (Fsp3) is 0.485. The van der Waals surface area contributed by atoms with Gasteiger partial charge >= 0.3 is 19.1 Å². The third kappa shape index (κ3) is 19.4. The maximum Gasteiger partial charge on any atom is 0.487 e. The highest BCUT2D eigenvalue weighted by Gasteiger charge is 2.50. The van der Waals surface area contributed by atoms with Crippen LogP contribution in [0.4, 0.5) is 0 Å². The van der Waals surface area contributed by atoms with E-state index < -0.39 is 13.1 Å². The molecule has 2 N–H and O–H groups in total. The van der Waals surface area contributed by atoms with Crippen molar-refractivity contribution in [2.45, 2.75) is 184 Å². The highest BCUT2D eigenvalue weighted by atomic mass is 79.9. The third-order valence-corrected chi connectivity index (χ3v) is 15.0. The molecule has 0 radical (unpaired) electrons. The van der Waals surface area contributed by atoms with Crippen LogP contribution in [-0.4, -0.2) is 93.9 Å². The Balaban J connectivity index is 0.000000277. The lowest BCUT2D eigenvalue weighted by molar-refractivity contribution is -0.138. The van der Waals surface area contributed by atoms with Gasteiger partial charge in [-0.05, 0) is 181 Å². The Labute approximate surface area is 517 Å². The van der Waals surface area contributed by atoms with Gasteiger partial charge in [-0.2, -0.15) is 0 Å². The maximum absolute atomic E-state index is 13.5. The number of aromatic nitrogens is 2. The molecule has 0 unspecified atom stereocenters. The molecule has 1 aliphatic heterocycles. The van der Waals surface area contributed by atoms with Crippen molar-refractivity contribution in [3.63, 3.8) is 0 Å². The van der Waals surface area contributed by atoms with Gasteiger partial charge in [0.1, 0.15) is 4.84 Å². The van der Waals surface area contributed by atoms with E-state index in [4.69, 9.17) is 42.0 Å². The molecule has 2 aromatic carbocycles. The average molecular weight is 1260 g/mol. The van der Waals surface area contributed by atoms with Crippen LogP contribution in [-0.2, 0) is 38.0 Å². The number of fused-ring (bicyclic) bond motifs is 2. The lowest BCUT2D eigenvalue weighted by Crippen LogP contribution is -2.41. The Kier molecular flexibility index (Phi) is 27.0. The van der Waals surface area contributed by atoms with Crippen LogP contribution in [0, 0.1) is 13.8 Å². The van der Waals surface area contributed by atoms with Crippen LogP contribution >= 0.6 is 39.1 Å². The molecule has 0 saturated carbocycles. The summed E-state index contributed by atoms with van der Waals surface area (Å²) in [6.07, 6.45) is 17.1. The number of carbonyl (C=O) groups excluding carboxylic acids is 6. The van der Waals surface area contributed by atoms with Gasteiger partial charge in [0.25, 0.3) is 11.8 Å². The van der Waals surface area contributed by atoms with E-state index in [1.54, 1.807) is 38.9 Å². The van der Waals surface area contributed by atoms with Crippen LogP contribution in [0.5, 0.6) is 0 Å². The molecule has 7 rings (SSSR count). The molecule has 3 aliphatic rings. The van der Waals surface area contributed by atoms with Crippen LogP contribution in [0.3, 0.4) is 0 Å². The number of halogens is 3. The first-order valence-electron chi connectivity index (χ1n) is 29.1. The van der Waals surface area contributed by atoms with Crippen molar-refractivity contribution in [3.8, 4) is 0 Å². The number of Topliss-reactive ketones (excluding diaryl/α,β-unsaturated/α-hetero) is 2. The molecule has 4 aromatic rings. The number of aryl methyl sites for hydroxylation is 2. The first-order chi connectivity index (χ1) is 39.4. The van der Waals surface area contributed by atoms with E-state index in [1.165, 1.54) is 12.2 Å². The molecule has 84 heavy (non-hydrogen) atoms. The van der Waals surface area contributed by atoms with Crippen LogP contribution in [0.1, 0.15) is 192 Å². The first kappa shape index (κ1) is 70.7. The first-order valence-corrected chi connectivity index (χ1v) is 30.8. The Morgan fingerprint density at radius 3 is 1.48 bits per heavy atom. The summed E-state index contributed by atoms with van der Waals surface area (Å²) in [5, 5.41) is 7.85. The van der Waals surface area contributed by atoms with Gasteiger partial charge in [-0.25, -0.2) is 9.59 Å². The maximum atomic E-state index is 13.5. The van der Waals surface area contributed by atoms with Crippen molar-refractivity contribution in [1.29, 1.82) is 0 Å². The number of hydrogen-bond acceptors (Lipinski definition) is 10. The van der Waals surface area contributed by atoms with Crippen molar-refractivity contribution in [3.05, 3.63) is 133 Å². The summed E-state index contributed by atoms with van der Waals surface area (Å²) in [6.45, 7) is 34.8. The molecule has 0 atom stereocenters. The number of esters is 2. The number of nitrogens with zero attached hydrogens (tertiary/aromatic N) is 2. The summed E-state index contributed by atoms with van der Waals surface area (Å²) < 4.78 is 26.3. The normalized spacial score (nSPS) is 15.8. The van der Waals surface area contributed by atoms with Crippen molar-refractivity contribution >= 4 is 109 Å². The number of alkyl halides is 2. The van der Waals surface area contributed by atoms with E-state index in [0.29, 0.717) is 48.8 Å². The number of benzene rings is 2. The topological polar surface area (TPSA) is 173 Å². The predicted molar refractivity (Wildman–Crippen MR) is 346 cm³/mol. The van der Waals surface area contributed by atoms with E-state index in [0.717, 1.165) is 96.5 Å². The van der Waals surface area contributed by atoms with Gasteiger partial charge in [0.15, 0.2) is 11.6 Å². The number of carbonyl (C=O) groups is 6. The molecule has 3 heterocycles. The lowest BCUT2D eigenvalue weighted by Gasteiger charge is -2.32. The fourth-order valence-corrected chi connectivity index (χ4v) is 10.5. The van der Waals surface area contributed by atoms with Crippen molar-refractivity contribution in [2.24, 2.45) is 0 Å². The molecule has 1 saturated heterocycles. The SMILES string of the molecule is CC(Cl)Cl.CCCC1=C(CNC(=O)c2cc(/C=C/C(=O)OCC)cc3c2c(C)cn3C(C)C)C(=O)CC(C)=C1.CCCC1=C(CNC(=O)c2cc(Br)cc3c2c(C)cn3C(C)C)C(=O)CC(C)=C1.CCOC(=O)/C=C/B1OC(C)(C)C(C)(C)O1. The van der Waals surface area contributed by atoms with Gasteiger partial charge in [0.2, 0.25) is 0 Å². The molecule has 1 fully saturated rings. The van der Waals surface area contributed by atoms with Crippen LogP contribution < -0.4 is 10.6 Å². The largest absolute Gasteiger partial charge is 0.487 e. The molecule has 18 heteroatoms. The van der Waals surface area contributed by atoms with E-state index in [2.05, 4.69) is 102 Å². The van der Waals surface area contributed by atoms with Crippen molar-refractivity contribution < 1.29 is 47.5 Å². The molecule has 0 bridgehead atoms. The Hall–Kier alpha value is -5.78. The average Bonchev–Trinajstić information content (AvgIpc) is 2.04. The molecular weight excluding hydrogens is 1170 g/mol. The fourth-order valence-electron chi connectivity index (χ4n) is 10.0. The zero-order valence-corrected chi connectivity index (χ0v) is 55.5. The summed E-state index contributed by atoms with van der Waals surface area (Å²) in [4.78, 5) is 74.7. The Bertz CT molecular complexity index is 3240. The van der Waals surface area contributed by atoms with Gasteiger partial charge in [0.05, 0.1) is 35.5 Å². The molecule has 14 nitrogen and oxygen atoms in total.